The lowest BCUT2D eigenvalue weighted by molar-refractivity contribution is -0.384. The van der Waals surface area contributed by atoms with Crippen LogP contribution in [0.4, 0.5) is 5.69 Å². The summed E-state index contributed by atoms with van der Waals surface area (Å²) in [4.78, 5) is 14.9. The van der Waals surface area contributed by atoms with Gasteiger partial charge in [0.05, 0.1) is 12.0 Å². The van der Waals surface area contributed by atoms with E-state index in [1.807, 2.05) is 29.3 Å². The second-order valence-electron chi connectivity index (χ2n) is 6.92. The molecule has 1 aromatic carbocycles. The van der Waals surface area contributed by atoms with Crippen LogP contribution in [0.1, 0.15) is 20.8 Å². The largest absolute Gasteiger partial charge is 0.307 e. The molecule has 0 spiro atoms. The molecule has 0 unspecified atom stereocenters. The third kappa shape index (κ3) is 3.44. The molecule has 2 aliphatic heterocycles. The minimum Gasteiger partial charge on any atom is -0.264 e. The molecular formula is C19H19ClN6O2. The normalized spacial score (nSPS) is 17.6. The first-order valence-electron chi connectivity index (χ1n) is 9.32. The van der Waals surface area contributed by atoms with Crippen molar-refractivity contribution in [2.24, 2.45) is 10.9 Å². The highest BCUT2D eigenvalue weighted by Gasteiger charge is 2.31. The highest BCUT2D eigenvalue weighted by molar-refractivity contribution is 6.68. The number of aliphatic imine (C=N–C) groups is 1. The number of nitrogens with zero attached hydrogens (tertiary/aromatic N) is 6. The molecule has 1 aromatic heterocycles. The Kier molecular flexibility index (Phi) is 4.42. The highest BCUT2D eigenvalue weighted by Crippen LogP contribution is 2.33. The molecule has 0 bridgehead atoms. The van der Waals surface area contributed by atoms with E-state index in [4.69, 9.17) is 13.0 Å². The predicted octanol–water partition coefficient (Wildman–Crippen LogP) is 3.85. The Balaban J connectivity index is 1.60. The summed E-state index contributed by atoms with van der Waals surface area (Å²) in [5.41, 5.74) is 2.78. The Morgan fingerprint density at radius 2 is 2.25 bits per heavy atom. The summed E-state index contributed by atoms with van der Waals surface area (Å²) in [5.74, 6) is 0.990. The molecule has 2 aliphatic rings. The van der Waals surface area contributed by atoms with E-state index in [1.54, 1.807) is 5.01 Å². The zero-order valence-electron chi connectivity index (χ0n) is 16.4. The number of benzene rings is 1. The van der Waals surface area contributed by atoms with Gasteiger partial charge in [0.25, 0.3) is 0 Å². The number of aromatic nitrogens is 2. The highest BCUT2D eigenvalue weighted by atomic mass is 35.5. The van der Waals surface area contributed by atoms with Crippen LogP contribution in [0.3, 0.4) is 0 Å². The van der Waals surface area contributed by atoms with E-state index in [2.05, 4.69) is 23.9 Å². The van der Waals surface area contributed by atoms with Crippen LogP contribution < -0.4 is 0 Å². The van der Waals surface area contributed by atoms with Gasteiger partial charge in [-0.15, -0.1) is 0 Å². The zero-order valence-corrected chi connectivity index (χ0v) is 16.2. The van der Waals surface area contributed by atoms with Gasteiger partial charge in [-0.1, -0.05) is 37.6 Å². The van der Waals surface area contributed by atoms with Crippen LogP contribution in [0.5, 0.6) is 0 Å². The minimum absolute atomic E-state index is 0.0580. The van der Waals surface area contributed by atoms with E-state index in [9.17, 15) is 10.1 Å². The Labute approximate surface area is 168 Å². The molecule has 0 saturated carbocycles. The summed E-state index contributed by atoms with van der Waals surface area (Å²) in [5, 5.41) is 19.1. The van der Waals surface area contributed by atoms with Crippen molar-refractivity contribution in [2.45, 2.75) is 20.4 Å². The number of hydrogen-bond acceptors (Lipinski definition) is 6. The molecule has 3 heterocycles. The molecule has 0 amide bonds. The quantitative estimate of drug-likeness (QED) is 0.563. The molecule has 0 atom stereocenters. The van der Waals surface area contributed by atoms with Crippen LogP contribution >= 0.6 is 11.6 Å². The van der Waals surface area contributed by atoms with Gasteiger partial charge in [-0.05, 0) is 35.3 Å². The number of hydrogen-bond donors (Lipinski definition) is 0. The average Bonchev–Trinajstić information content (AvgIpc) is 3.27. The molecule has 0 fully saturated rings. The molecule has 8 nitrogen and oxygen atoms in total. The number of nitro groups is 1. The molecule has 0 radical (unpaired) electrons. The van der Waals surface area contributed by atoms with E-state index in [0.717, 1.165) is 22.6 Å². The fourth-order valence-electron chi connectivity index (χ4n) is 3.24. The van der Waals surface area contributed by atoms with Crippen LogP contribution in [-0.2, 0) is 6.54 Å². The number of rotatable bonds is 5. The number of allylic oxidation sites excluding steroid dienone is 1. The summed E-state index contributed by atoms with van der Waals surface area (Å²) in [7, 11) is 0. The van der Waals surface area contributed by atoms with E-state index in [-0.39, 0.29) is 17.8 Å². The summed E-state index contributed by atoms with van der Waals surface area (Å²) in [6, 6.07) is 7.63. The standard InChI is InChI=1S/C19H19ClN6O2/c1-13(2)17-12-23(25-7-6-18(20)22-19(17)25)10-14-4-3-5-15(8-14)24-11-16(9-21-24)26(27)28/h3-9,11,13H,10,12H2,1-2H3/i7D. The SMILES string of the molecule is [2H]C1=CC(Cl)=NC2=C(C(C)C)CN(Cc3cccc(-n4cc([N+](=O)[O-])cn4)c3)N12. The van der Waals surface area contributed by atoms with Gasteiger partial charge in [-0.25, -0.2) is 14.7 Å². The molecule has 0 N–H and O–H groups in total. The summed E-state index contributed by atoms with van der Waals surface area (Å²) >= 11 is 6.09. The van der Waals surface area contributed by atoms with Gasteiger partial charge in [-0.2, -0.15) is 5.10 Å². The van der Waals surface area contributed by atoms with E-state index >= 15 is 0 Å². The van der Waals surface area contributed by atoms with Crippen molar-refractivity contribution in [3.05, 3.63) is 76.0 Å². The molecular weight excluding hydrogens is 380 g/mol. The zero-order chi connectivity index (χ0) is 20.7. The second-order valence-corrected chi connectivity index (χ2v) is 7.30. The van der Waals surface area contributed by atoms with E-state index in [1.165, 1.54) is 23.2 Å². The van der Waals surface area contributed by atoms with Crippen molar-refractivity contribution in [3.63, 3.8) is 0 Å². The number of fused-ring (bicyclic) bond motifs is 1. The molecule has 4 rings (SSSR count). The van der Waals surface area contributed by atoms with Crippen LogP contribution in [0.2, 0.25) is 0 Å². The Bertz CT molecular complexity index is 1070. The maximum Gasteiger partial charge on any atom is 0.307 e. The average molecular weight is 400 g/mol. The summed E-state index contributed by atoms with van der Waals surface area (Å²) in [6.45, 7) is 5.38. The van der Waals surface area contributed by atoms with E-state index in [0.29, 0.717) is 18.3 Å². The Morgan fingerprint density at radius 1 is 1.43 bits per heavy atom. The molecule has 144 valence electrons. The maximum atomic E-state index is 10.9. The van der Waals surface area contributed by atoms with Gasteiger partial charge in [0.15, 0.2) is 0 Å². The van der Waals surface area contributed by atoms with Gasteiger partial charge in [0.1, 0.15) is 23.4 Å². The fraction of sp³-hybridized carbons (Fsp3) is 0.263. The van der Waals surface area contributed by atoms with Crippen molar-refractivity contribution in [1.29, 1.82) is 0 Å². The Hall–Kier alpha value is -2.97. The summed E-state index contributed by atoms with van der Waals surface area (Å²) < 4.78 is 9.83. The fourth-order valence-corrected chi connectivity index (χ4v) is 3.37. The first kappa shape index (κ1) is 17.2. The minimum atomic E-state index is -0.470. The van der Waals surface area contributed by atoms with Crippen LogP contribution in [0, 0.1) is 16.0 Å². The summed E-state index contributed by atoms with van der Waals surface area (Å²) in [6.07, 6.45) is 4.41. The third-order valence-corrected chi connectivity index (χ3v) is 4.85. The van der Waals surface area contributed by atoms with Gasteiger partial charge < -0.3 is 0 Å². The monoisotopic (exact) mass is 399 g/mol. The lowest BCUT2D eigenvalue weighted by atomic mass is 10.0. The van der Waals surface area contributed by atoms with Gasteiger partial charge >= 0.3 is 5.69 Å². The van der Waals surface area contributed by atoms with Crippen molar-refractivity contribution in [3.8, 4) is 5.69 Å². The van der Waals surface area contributed by atoms with Gasteiger partial charge in [-0.3, -0.25) is 15.1 Å². The third-order valence-electron chi connectivity index (χ3n) is 4.66. The molecule has 0 aliphatic carbocycles. The number of halogens is 1. The van der Waals surface area contributed by atoms with Crippen molar-refractivity contribution >= 4 is 22.5 Å². The lowest BCUT2D eigenvalue weighted by Crippen LogP contribution is -2.34. The second kappa shape index (κ2) is 7.21. The van der Waals surface area contributed by atoms with Crippen molar-refractivity contribution in [2.75, 3.05) is 6.54 Å². The first-order chi connectivity index (χ1) is 13.8. The Morgan fingerprint density at radius 3 is 2.96 bits per heavy atom. The van der Waals surface area contributed by atoms with E-state index < -0.39 is 4.92 Å². The van der Waals surface area contributed by atoms with Crippen LogP contribution in [0.25, 0.3) is 5.69 Å². The smallest absolute Gasteiger partial charge is 0.264 e. The number of hydrazine groups is 1. The van der Waals surface area contributed by atoms with Crippen LogP contribution in [-0.4, -0.2) is 36.4 Å². The van der Waals surface area contributed by atoms with Crippen LogP contribution in [0.15, 0.2) is 65.3 Å². The van der Waals surface area contributed by atoms with Gasteiger partial charge in [0.2, 0.25) is 0 Å². The molecule has 2 aromatic rings. The predicted molar refractivity (Wildman–Crippen MR) is 107 cm³/mol. The molecule has 28 heavy (non-hydrogen) atoms. The van der Waals surface area contributed by atoms with Crippen molar-refractivity contribution < 1.29 is 6.29 Å². The first-order valence-corrected chi connectivity index (χ1v) is 9.20. The van der Waals surface area contributed by atoms with Gasteiger partial charge in [0, 0.05) is 19.3 Å². The maximum absolute atomic E-state index is 10.9. The molecule has 0 saturated heterocycles. The molecule has 9 heteroatoms. The lowest BCUT2D eigenvalue weighted by Gasteiger charge is -2.29. The topological polar surface area (TPSA) is 79.8 Å². The van der Waals surface area contributed by atoms with Crippen molar-refractivity contribution in [1.82, 2.24) is 19.8 Å².